The zero-order chi connectivity index (χ0) is 7.33. The molecule has 0 aromatic heterocycles. The van der Waals surface area contributed by atoms with Crippen LogP contribution in [0, 0.1) is 34.0 Å². The van der Waals surface area contributed by atoms with Crippen molar-refractivity contribution in [3.05, 3.63) is 0 Å². The van der Waals surface area contributed by atoms with Gasteiger partial charge in [0.1, 0.15) is 18.2 Å². The van der Waals surface area contributed by atoms with E-state index in [4.69, 9.17) is 15.8 Å². The SMILES string of the molecule is [BH3-]OC(C#N)(C#N)C#N.[Na+]. The molecule has 0 unspecified atom stereocenters. The topological polar surface area (TPSA) is 80.6 Å². The maximum Gasteiger partial charge on any atom is 1.00 e. The Kier molecular flexibility index (Phi) is 6.46. The molecule has 0 rings (SSSR count). The smallest absolute Gasteiger partial charge is 0.563 e. The standard InChI is InChI=1S/C4H3BN3O.Na/c5-9-4(1-6,2-7)3-8;/h5H3;/q-1;+1. The van der Waals surface area contributed by atoms with Gasteiger partial charge in [0.2, 0.25) is 0 Å². The third-order valence-electron chi connectivity index (χ3n) is 0.472. The first-order chi connectivity index (χ1) is 4.24. The maximum atomic E-state index is 8.20. The number of nitriles is 3. The van der Waals surface area contributed by atoms with Crippen LogP contribution >= 0.6 is 0 Å². The molecule has 4 nitrogen and oxygen atoms in total. The Morgan fingerprint density at radius 2 is 1.40 bits per heavy atom. The van der Waals surface area contributed by atoms with E-state index in [0.29, 0.717) is 0 Å². The van der Waals surface area contributed by atoms with Gasteiger partial charge in [0.15, 0.2) is 0 Å². The van der Waals surface area contributed by atoms with Crippen molar-refractivity contribution in [2.75, 3.05) is 0 Å². The van der Waals surface area contributed by atoms with Crippen molar-refractivity contribution in [3.63, 3.8) is 0 Å². The molecule has 0 fully saturated rings. The number of rotatable bonds is 1. The van der Waals surface area contributed by atoms with Crippen LogP contribution in [0.15, 0.2) is 0 Å². The summed E-state index contributed by atoms with van der Waals surface area (Å²) in [6, 6.07) is 4.45. The van der Waals surface area contributed by atoms with Crippen LogP contribution < -0.4 is 29.6 Å². The van der Waals surface area contributed by atoms with Crippen LogP contribution in [0.25, 0.3) is 0 Å². The Balaban J connectivity index is 0. The van der Waals surface area contributed by atoms with Gasteiger partial charge in [0, 0.05) is 0 Å². The van der Waals surface area contributed by atoms with E-state index in [1.54, 1.807) is 0 Å². The Morgan fingerprint density at radius 1 is 1.10 bits per heavy atom. The first-order valence-electron chi connectivity index (χ1n) is 1.62. The van der Waals surface area contributed by atoms with Gasteiger partial charge in [0.05, 0.1) is 8.05 Å². The molecule has 0 aliphatic heterocycles. The number of hydrogen-bond donors (Lipinski definition) is 0. The first kappa shape index (κ1) is 12.2. The van der Waals surface area contributed by atoms with Crippen LogP contribution in [0.4, 0.5) is 0 Å². The van der Waals surface area contributed by atoms with Crippen molar-refractivity contribution in [1.82, 2.24) is 0 Å². The fraction of sp³-hybridized carbons (Fsp3) is 0.250. The monoisotopic (exact) mass is 143 g/mol. The molecule has 0 atom stereocenters. The van der Waals surface area contributed by atoms with Crippen molar-refractivity contribution in [2.45, 2.75) is 5.60 Å². The molecule has 0 N–H and O–H groups in total. The van der Waals surface area contributed by atoms with Gasteiger partial charge in [-0.3, -0.25) is 0 Å². The summed E-state index contributed by atoms with van der Waals surface area (Å²) >= 11 is 0. The Morgan fingerprint density at radius 3 is 1.40 bits per heavy atom. The van der Waals surface area contributed by atoms with Gasteiger partial charge in [-0.2, -0.15) is 15.8 Å². The molecular formula is C4H3BN3NaO. The first-order valence-corrected chi connectivity index (χ1v) is 1.62. The minimum absolute atomic E-state index is 0. The van der Waals surface area contributed by atoms with Gasteiger partial charge in [-0.05, 0) is 0 Å². The summed E-state index contributed by atoms with van der Waals surface area (Å²) in [5.41, 5.74) is -1.81. The predicted molar refractivity (Wildman–Crippen MR) is 30.6 cm³/mol. The van der Waals surface area contributed by atoms with Gasteiger partial charge in [-0.1, -0.05) is 0 Å². The fourth-order valence-corrected chi connectivity index (χ4v) is 0.0750. The molecule has 0 aliphatic rings. The summed E-state index contributed by atoms with van der Waals surface area (Å²) in [6.07, 6.45) is 0. The van der Waals surface area contributed by atoms with E-state index in [0.717, 1.165) is 0 Å². The molecule has 0 saturated carbocycles. The summed E-state index contributed by atoms with van der Waals surface area (Å²) < 4.78 is 4.55. The summed E-state index contributed by atoms with van der Waals surface area (Å²) in [5.74, 6) is 0. The van der Waals surface area contributed by atoms with E-state index >= 15 is 0 Å². The molecule has 10 heavy (non-hydrogen) atoms. The minimum atomic E-state index is -1.81. The molecule has 0 saturated heterocycles. The second-order valence-corrected chi connectivity index (χ2v) is 1.02. The molecule has 0 heterocycles. The maximum absolute atomic E-state index is 8.20. The van der Waals surface area contributed by atoms with Gasteiger partial charge < -0.3 is 4.65 Å². The van der Waals surface area contributed by atoms with Crippen LogP contribution in [-0.2, 0) is 4.65 Å². The van der Waals surface area contributed by atoms with Crippen LogP contribution in [0.2, 0.25) is 0 Å². The molecule has 0 amide bonds. The van der Waals surface area contributed by atoms with E-state index in [-0.39, 0.29) is 29.6 Å². The second-order valence-electron chi connectivity index (χ2n) is 1.02. The van der Waals surface area contributed by atoms with Gasteiger partial charge >= 0.3 is 29.6 Å². The molecule has 6 heteroatoms. The quantitative estimate of drug-likeness (QED) is 0.347. The van der Waals surface area contributed by atoms with Crippen LogP contribution in [0.5, 0.6) is 0 Å². The fourth-order valence-electron chi connectivity index (χ4n) is 0.0750. The Hall–Kier alpha value is -0.505. The van der Waals surface area contributed by atoms with Crippen LogP contribution in [0.1, 0.15) is 0 Å². The average molecular weight is 143 g/mol. The van der Waals surface area contributed by atoms with Crippen LogP contribution in [0.3, 0.4) is 0 Å². The van der Waals surface area contributed by atoms with Crippen molar-refractivity contribution in [2.24, 2.45) is 0 Å². The van der Waals surface area contributed by atoms with E-state index in [9.17, 15) is 0 Å². The normalized spacial score (nSPS) is 7.80. The summed E-state index contributed by atoms with van der Waals surface area (Å²) in [7, 11) is -0.534. The predicted octanol–water partition coefficient (Wildman–Crippen LogP) is -4.40. The zero-order valence-corrected chi connectivity index (χ0v) is 6.75. The van der Waals surface area contributed by atoms with Gasteiger partial charge in [-0.25, -0.2) is 0 Å². The molecule has 0 radical (unpaired) electrons. The number of hydrogen-bond acceptors (Lipinski definition) is 4. The van der Waals surface area contributed by atoms with Gasteiger partial charge in [0.25, 0.3) is 5.60 Å². The van der Waals surface area contributed by atoms with E-state index in [1.807, 2.05) is 0 Å². The molecule has 0 aromatic rings. The molecule has 0 bridgehead atoms. The molecule has 0 aromatic carbocycles. The second kappa shape index (κ2) is 5.29. The summed E-state index contributed by atoms with van der Waals surface area (Å²) in [6.45, 7) is 0. The Labute approximate surface area is 81.7 Å². The minimum Gasteiger partial charge on any atom is -0.563 e. The number of nitrogens with zero attached hydrogens (tertiary/aromatic N) is 3. The average Bonchev–Trinajstić information content (AvgIpc) is 1.95. The van der Waals surface area contributed by atoms with Crippen molar-refractivity contribution < 1.29 is 34.2 Å². The third kappa shape index (κ3) is 2.39. The van der Waals surface area contributed by atoms with Crippen molar-refractivity contribution in [3.8, 4) is 18.2 Å². The van der Waals surface area contributed by atoms with Crippen molar-refractivity contribution >= 4 is 8.05 Å². The van der Waals surface area contributed by atoms with E-state index < -0.39 is 13.7 Å². The van der Waals surface area contributed by atoms with Crippen LogP contribution in [-0.4, -0.2) is 13.7 Å². The van der Waals surface area contributed by atoms with E-state index in [2.05, 4.69) is 4.65 Å². The van der Waals surface area contributed by atoms with Gasteiger partial charge in [-0.15, -0.1) is 0 Å². The molecule has 44 valence electrons. The molecule has 0 aliphatic carbocycles. The van der Waals surface area contributed by atoms with E-state index in [1.165, 1.54) is 18.2 Å². The summed E-state index contributed by atoms with van der Waals surface area (Å²) in [5, 5.41) is 24.6. The largest absolute Gasteiger partial charge is 1.00 e. The molecular weight excluding hydrogens is 140 g/mol. The molecule has 0 spiro atoms. The summed E-state index contributed by atoms with van der Waals surface area (Å²) in [4.78, 5) is 0. The zero-order valence-electron chi connectivity index (χ0n) is 4.75. The Bertz CT molecular complexity index is 186. The van der Waals surface area contributed by atoms with Crippen molar-refractivity contribution in [1.29, 1.82) is 15.8 Å². The third-order valence-corrected chi connectivity index (χ3v) is 0.472.